The van der Waals surface area contributed by atoms with Gasteiger partial charge in [0.25, 0.3) is 5.78 Å². The van der Waals surface area contributed by atoms with E-state index in [1.807, 2.05) is 0 Å². The molecule has 1 aliphatic rings. The molecule has 17 heavy (non-hydrogen) atoms. The van der Waals surface area contributed by atoms with Crippen molar-refractivity contribution in [2.75, 3.05) is 0 Å². The first-order valence-corrected chi connectivity index (χ1v) is 4.55. The van der Waals surface area contributed by atoms with Gasteiger partial charge in [0.2, 0.25) is 5.78 Å². The SMILES string of the molecule is N#CC1=C([N+](=O)[O-])C(=O)c2ccccc2C1=O. The van der Waals surface area contributed by atoms with Gasteiger partial charge < -0.3 is 0 Å². The van der Waals surface area contributed by atoms with E-state index in [4.69, 9.17) is 5.26 Å². The highest BCUT2D eigenvalue weighted by Crippen LogP contribution is 2.25. The second-order valence-electron chi connectivity index (χ2n) is 3.30. The predicted octanol–water partition coefficient (Wildman–Crippen LogP) is 1.12. The summed E-state index contributed by atoms with van der Waals surface area (Å²) in [4.78, 5) is 33.3. The average Bonchev–Trinajstić information content (AvgIpc) is 2.33. The van der Waals surface area contributed by atoms with Crippen molar-refractivity contribution in [2.45, 2.75) is 0 Å². The Balaban J connectivity index is 2.79. The Kier molecular flexibility index (Phi) is 2.29. The lowest BCUT2D eigenvalue weighted by atomic mass is 9.88. The van der Waals surface area contributed by atoms with Crippen LogP contribution in [0.1, 0.15) is 20.7 Å². The van der Waals surface area contributed by atoms with Crippen LogP contribution >= 0.6 is 0 Å². The Hall–Kier alpha value is -2.81. The fourth-order valence-corrected chi connectivity index (χ4v) is 1.64. The summed E-state index contributed by atoms with van der Waals surface area (Å²) >= 11 is 0. The summed E-state index contributed by atoms with van der Waals surface area (Å²) in [5.41, 5.74) is -1.67. The van der Waals surface area contributed by atoms with Crippen molar-refractivity contribution in [1.29, 1.82) is 5.26 Å². The smallest absolute Gasteiger partial charge is 0.287 e. The molecule has 1 aromatic rings. The number of ketones is 2. The van der Waals surface area contributed by atoms with Gasteiger partial charge in [0, 0.05) is 11.1 Å². The van der Waals surface area contributed by atoms with E-state index in [1.54, 1.807) is 0 Å². The molecular formula is C11H4N2O4. The number of hydrogen-bond acceptors (Lipinski definition) is 5. The van der Waals surface area contributed by atoms with Gasteiger partial charge in [-0.25, -0.2) is 0 Å². The minimum Gasteiger partial charge on any atom is -0.287 e. The summed E-state index contributed by atoms with van der Waals surface area (Å²) in [7, 11) is 0. The maximum Gasteiger partial charge on any atom is 0.338 e. The van der Waals surface area contributed by atoms with E-state index < -0.39 is 27.8 Å². The lowest BCUT2D eigenvalue weighted by Crippen LogP contribution is -2.25. The molecule has 0 fully saturated rings. The van der Waals surface area contributed by atoms with Crippen LogP contribution in [-0.4, -0.2) is 16.5 Å². The maximum absolute atomic E-state index is 11.8. The van der Waals surface area contributed by atoms with Gasteiger partial charge in [-0.15, -0.1) is 0 Å². The molecule has 2 rings (SSSR count). The van der Waals surface area contributed by atoms with E-state index in [-0.39, 0.29) is 11.1 Å². The van der Waals surface area contributed by atoms with E-state index in [9.17, 15) is 19.7 Å². The van der Waals surface area contributed by atoms with Crippen LogP contribution in [0.25, 0.3) is 0 Å². The van der Waals surface area contributed by atoms with Gasteiger partial charge in [-0.2, -0.15) is 5.26 Å². The number of fused-ring (bicyclic) bond motifs is 1. The summed E-state index contributed by atoms with van der Waals surface area (Å²) in [6.45, 7) is 0. The van der Waals surface area contributed by atoms with Crippen LogP contribution in [0.15, 0.2) is 35.5 Å². The van der Waals surface area contributed by atoms with Crippen LogP contribution in [0, 0.1) is 21.4 Å². The van der Waals surface area contributed by atoms with Gasteiger partial charge >= 0.3 is 5.70 Å². The Morgan fingerprint density at radius 2 is 1.65 bits per heavy atom. The molecule has 1 aliphatic carbocycles. The predicted molar refractivity (Wildman–Crippen MR) is 54.7 cm³/mol. The number of carbonyl (C=O) groups is 2. The number of nitro groups is 1. The normalized spacial score (nSPS) is 14.3. The molecule has 6 nitrogen and oxygen atoms in total. The maximum atomic E-state index is 11.8. The lowest BCUT2D eigenvalue weighted by molar-refractivity contribution is -0.417. The number of allylic oxidation sites excluding steroid dienone is 2. The highest BCUT2D eigenvalue weighted by atomic mass is 16.6. The number of nitriles is 1. The van der Waals surface area contributed by atoms with Gasteiger partial charge in [-0.1, -0.05) is 24.3 Å². The topological polar surface area (TPSA) is 101 Å². The van der Waals surface area contributed by atoms with E-state index in [0.717, 1.165) is 0 Å². The summed E-state index contributed by atoms with van der Waals surface area (Å²) in [6, 6.07) is 7.14. The van der Waals surface area contributed by atoms with Crippen LogP contribution in [0.2, 0.25) is 0 Å². The first kappa shape index (κ1) is 10.7. The van der Waals surface area contributed by atoms with Gasteiger partial charge in [0.1, 0.15) is 6.07 Å². The number of benzene rings is 1. The standard InChI is InChI=1S/C11H4N2O4/c12-5-8-9(13(16)17)11(15)7-4-2-1-3-6(7)10(8)14/h1-4H. The van der Waals surface area contributed by atoms with Crippen molar-refractivity contribution >= 4 is 11.6 Å². The summed E-state index contributed by atoms with van der Waals surface area (Å²) in [5.74, 6) is -1.68. The van der Waals surface area contributed by atoms with Crippen molar-refractivity contribution in [3.8, 4) is 6.07 Å². The Labute approximate surface area is 94.9 Å². The molecule has 1 aromatic carbocycles. The third-order valence-electron chi connectivity index (χ3n) is 2.39. The molecule has 0 heterocycles. The highest BCUT2D eigenvalue weighted by molar-refractivity contribution is 6.27. The molecule has 0 unspecified atom stereocenters. The third kappa shape index (κ3) is 1.41. The molecule has 0 saturated carbocycles. The fourth-order valence-electron chi connectivity index (χ4n) is 1.64. The van der Waals surface area contributed by atoms with Gasteiger partial charge in [-0.3, -0.25) is 19.7 Å². The monoisotopic (exact) mass is 228 g/mol. The van der Waals surface area contributed by atoms with Crippen LogP contribution < -0.4 is 0 Å². The first-order valence-electron chi connectivity index (χ1n) is 4.55. The molecule has 0 amide bonds. The number of hydrogen-bond donors (Lipinski definition) is 0. The Bertz CT molecular complexity index is 637. The fraction of sp³-hybridized carbons (Fsp3) is 0. The van der Waals surface area contributed by atoms with Gasteiger partial charge in [0.05, 0.1) is 4.92 Å². The molecule has 0 aromatic heterocycles. The lowest BCUT2D eigenvalue weighted by Gasteiger charge is -2.11. The zero-order valence-electron chi connectivity index (χ0n) is 8.34. The van der Waals surface area contributed by atoms with Crippen LogP contribution in [0.3, 0.4) is 0 Å². The summed E-state index contributed by atoms with van der Waals surface area (Å²) < 4.78 is 0. The molecule has 0 N–H and O–H groups in total. The summed E-state index contributed by atoms with van der Waals surface area (Å²) in [6.07, 6.45) is 0. The van der Waals surface area contributed by atoms with Crippen molar-refractivity contribution in [2.24, 2.45) is 0 Å². The zero-order valence-corrected chi connectivity index (χ0v) is 8.34. The minimum atomic E-state index is -0.991. The van der Waals surface area contributed by atoms with Crippen molar-refractivity contribution in [1.82, 2.24) is 0 Å². The van der Waals surface area contributed by atoms with Gasteiger partial charge in [-0.05, 0) is 0 Å². The first-order chi connectivity index (χ1) is 8.07. The molecule has 0 atom stereocenters. The second-order valence-corrected chi connectivity index (χ2v) is 3.30. The number of nitrogens with zero attached hydrogens (tertiary/aromatic N) is 2. The molecule has 0 bridgehead atoms. The quantitative estimate of drug-likeness (QED) is 0.529. The van der Waals surface area contributed by atoms with E-state index in [2.05, 4.69) is 0 Å². The molecule has 82 valence electrons. The average molecular weight is 228 g/mol. The molecule has 0 aliphatic heterocycles. The van der Waals surface area contributed by atoms with Crippen LogP contribution in [0.4, 0.5) is 0 Å². The molecule has 6 heteroatoms. The largest absolute Gasteiger partial charge is 0.338 e. The van der Waals surface area contributed by atoms with Gasteiger partial charge in [0.15, 0.2) is 5.57 Å². The van der Waals surface area contributed by atoms with E-state index in [1.165, 1.54) is 30.3 Å². The highest BCUT2D eigenvalue weighted by Gasteiger charge is 2.39. The van der Waals surface area contributed by atoms with E-state index >= 15 is 0 Å². The van der Waals surface area contributed by atoms with Crippen LogP contribution in [0.5, 0.6) is 0 Å². The molecule has 0 radical (unpaired) electrons. The van der Waals surface area contributed by atoms with E-state index in [0.29, 0.717) is 0 Å². The van der Waals surface area contributed by atoms with Crippen molar-refractivity contribution in [3.63, 3.8) is 0 Å². The summed E-state index contributed by atoms with van der Waals surface area (Å²) in [5, 5.41) is 19.5. The van der Waals surface area contributed by atoms with Crippen LogP contribution in [-0.2, 0) is 0 Å². The Morgan fingerprint density at radius 1 is 1.12 bits per heavy atom. The zero-order chi connectivity index (χ0) is 12.6. The Morgan fingerprint density at radius 3 is 2.12 bits per heavy atom. The number of rotatable bonds is 1. The second kappa shape index (κ2) is 3.64. The minimum absolute atomic E-state index is 0.0275. The third-order valence-corrected chi connectivity index (χ3v) is 2.39. The number of Topliss-reactive ketones (excluding diaryl/α,β-unsaturated/α-hetero) is 2. The number of carbonyl (C=O) groups excluding carboxylic acids is 2. The molecular weight excluding hydrogens is 224 g/mol. The molecule has 0 saturated heterocycles. The molecule has 0 spiro atoms. The van der Waals surface area contributed by atoms with Crippen molar-refractivity contribution in [3.05, 3.63) is 56.8 Å². The van der Waals surface area contributed by atoms with Crippen molar-refractivity contribution < 1.29 is 14.5 Å².